The molecule has 1 aliphatic rings. The Morgan fingerprint density at radius 3 is 2.48 bits per heavy atom. The molecule has 1 aromatic carbocycles. The quantitative estimate of drug-likeness (QED) is 0.911. The number of nitrogens with zero attached hydrogens (tertiary/aromatic N) is 1. The molecule has 3 rings (SSSR count). The number of pyridine rings is 1. The molecule has 0 aliphatic heterocycles. The van der Waals surface area contributed by atoms with Gasteiger partial charge in [0.25, 0.3) is 0 Å². The summed E-state index contributed by atoms with van der Waals surface area (Å²) in [6.07, 6.45) is 6.63. The van der Waals surface area contributed by atoms with Gasteiger partial charge in [-0.2, -0.15) is 0 Å². The van der Waals surface area contributed by atoms with Gasteiger partial charge < -0.3 is 10.1 Å². The number of anilines is 1. The second kappa shape index (κ2) is 6.61. The third-order valence-electron chi connectivity index (χ3n) is 4.32. The number of hydrogen-bond donors (Lipinski definition) is 1. The van der Waals surface area contributed by atoms with Gasteiger partial charge in [-0.1, -0.05) is 30.3 Å². The maximum Gasteiger partial charge on any atom is 0.237 e. The number of rotatable bonds is 4. The van der Waals surface area contributed by atoms with E-state index in [1.165, 1.54) is 31.2 Å². The van der Waals surface area contributed by atoms with Gasteiger partial charge in [0.1, 0.15) is 0 Å². The summed E-state index contributed by atoms with van der Waals surface area (Å²) in [6.45, 7) is 0. The summed E-state index contributed by atoms with van der Waals surface area (Å²) in [5.41, 5.74) is 2.48. The Labute approximate surface area is 126 Å². The van der Waals surface area contributed by atoms with Crippen LogP contribution in [-0.2, 0) is 0 Å². The molecule has 1 aliphatic carbocycles. The van der Waals surface area contributed by atoms with Gasteiger partial charge in [-0.3, -0.25) is 0 Å². The molecule has 0 unspecified atom stereocenters. The number of hydrogen-bond acceptors (Lipinski definition) is 3. The standard InChI is InChI=1S/C18H22N2O/c1-21-18-17(8-5-13-19-18)20-16-11-9-15(10-12-16)14-6-3-2-4-7-14/h2-8,13,15-16,20H,9-12H2,1H3. The van der Waals surface area contributed by atoms with E-state index in [1.54, 1.807) is 13.3 Å². The smallest absolute Gasteiger partial charge is 0.237 e. The minimum atomic E-state index is 0.517. The zero-order valence-electron chi connectivity index (χ0n) is 12.5. The molecule has 2 aromatic rings. The van der Waals surface area contributed by atoms with E-state index in [9.17, 15) is 0 Å². The predicted molar refractivity (Wildman–Crippen MR) is 85.9 cm³/mol. The topological polar surface area (TPSA) is 34.1 Å². The van der Waals surface area contributed by atoms with Gasteiger partial charge in [0.2, 0.25) is 5.88 Å². The zero-order valence-corrected chi connectivity index (χ0v) is 12.5. The van der Waals surface area contributed by atoms with Crippen molar-refractivity contribution in [1.82, 2.24) is 4.98 Å². The number of ether oxygens (including phenoxy) is 1. The number of methoxy groups -OCH3 is 1. The van der Waals surface area contributed by atoms with Gasteiger partial charge in [0.05, 0.1) is 12.8 Å². The molecule has 0 saturated heterocycles. The lowest BCUT2D eigenvalue weighted by Gasteiger charge is -2.30. The van der Waals surface area contributed by atoms with Crippen molar-refractivity contribution in [3.05, 3.63) is 54.2 Å². The fourth-order valence-electron chi connectivity index (χ4n) is 3.18. The molecule has 0 spiro atoms. The Hall–Kier alpha value is -2.03. The molecule has 3 nitrogen and oxygen atoms in total. The average molecular weight is 282 g/mol. The molecule has 0 amide bonds. The predicted octanol–water partition coefficient (Wildman–Crippen LogP) is 4.23. The fourth-order valence-corrected chi connectivity index (χ4v) is 3.18. The first-order chi connectivity index (χ1) is 10.4. The van der Waals surface area contributed by atoms with E-state index in [1.807, 2.05) is 12.1 Å². The molecule has 3 heteroatoms. The van der Waals surface area contributed by atoms with E-state index in [0.717, 1.165) is 5.69 Å². The normalized spacial score (nSPS) is 21.8. The number of nitrogens with one attached hydrogen (secondary N) is 1. The minimum Gasteiger partial charge on any atom is -0.480 e. The Morgan fingerprint density at radius 1 is 1.00 bits per heavy atom. The molecule has 1 aromatic heterocycles. The van der Waals surface area contributed by atoms with Crippen LogP contribution in [0.3, 0.4) is 0 Å². The van der Waals surface area contributed by atoms with Crippen LogP contribution in [0.1, 0.15) is 37.2 Å². The summed E-state index contributed by atoms with van der Waals surface area (Å²) in [7, 11) is 1.67. The summed E-state index contributed by atoms with van der Waals surface area (Å²) >= 11 is 0. The Bertz CT molecular complexity index is 562. The highest BCUT2D eigenvalue weighted by atomic mass is 16.5. The van der Waals surface area contributed by atoms with Crippen molar-refractivity contribution in [2.75, 3.05) is 12.4 Å². The third-order valence-corrected chi connectivity index (χ3v) is 4.32. The first-order valence-electron chi connectivity index (χ1n) is 7.67. The van der Waals surface area contributed by atoms with Crippen LogP contribution in [0.25, 0.3) is 0 Å². The van der Waals surface area contributed by atoms with Crippen LogP contribution < -0.4 is 10.1 Å². The largest absolute Gasteiger partial charge is 0.480 e. The van der Waals surface area contributed by atoms with Crippen molar-refractivity contribution in [3.63, 3.8) is 0 Å². The van der Waals surface area contributed by atoms with Crippen LogP contribution in [0, 0.1) is 0 Å². The van der Waals surface area contributed by atoms with Crippen molar-refractivity contribution in [2.45, 2.75) is 37.6 Å². The molecule has 0 atom stereocenters. The van der Waals surface area contributed by atoms with E-state index in [4.69, 9.17) is 4.74 Å². The van der Waals surface area contributed by atoms with Crippen LogP contribution in [-0.4, -0.2) is 18.1 Å². The molecule has 110 valence electrons. The first-order valence-corrected chi connectivity index (χ1v) is 7.67. The Kier molecular flexibility index (Phi) is 4.39. The monoisotopic (exact) mass is 282 g/mol. The highest BCUT2D eigenvalue weighted by molar-refractivity contribution is 5.52. The third kappa shape index (κ3) is 3.35. The van der Waals surface area contributed by atoms with E-state index in [0.29, 0.717) is 17.8 Å². The zero-order chi connectivity index (χ0) is 14.5. The number of benzene rings is 1. The summed E-state index contributed by atoms with van der Waals surface area (Å²) in [6, 6.07) is 15.4. The van der Waals surface area contributed by atoms with Crippen molar-refractivity contribution in [3.8, 4) is 5.88 Å². The second-order valence-electron chi connectivity index (χ2n) is 5.66. The molecule has 1 N–H and O–H groups in total. The van der Waals surface area contributed by atoms with Crippen LogP contribution in [0.2, 0.25) is 0 Å². The molecule has 0 bridgehead atoms. The SMILES string of the molecule is COc1ncccc1NC1CCC(c2ccccc2)CC1. The fraction of sp³-hybridized carbons (Fsp3) is 0.389. The molecule has 1 fully saturated rings. The highest BCUT2D eigenvalue weighted by Crippen LogP contribution is 2.34. The van der Waals surface area contributed by atoms with Gasteiger partial charge in [0, 0.05) is 12.2 Å². The second-order valence-corrected chi connectivity index (χ2v) is 5.66. The molecule has 1 heterocycles. The average Bonchev–Trinajstić information content (AvgIpc) is 2.57. The lowest BCUT2D eigenvalue weighted by Crippen LogP contribution is -2.25. The van der Waals surface area contributed by atoms with Gasteiger partial charge in [-0.15, -0.1) is 0 Å². The lowest BCUT2D eigenvalue weighted by molar-refractivity contribution is 0.392. The van der Waals surface area contributed by atoms with Crippen LogP contribution in [0.15, 0.2) is 48.7 Å². The van der Waals surface area contributed by atoms with E-state index in [-0.39, 0.29) is 0 Å². The Morgan fingerprint density at radius 2 is 1.76 bits per heavy atom. The highest BCUT2D eigenvalue weighted by Gasteiger charge is 2.22. The van der Waals surface area contributed by atoms with Crippen molar-refractivity contribution >= 4 is 5.69 Å². The van der Waals surface area contributed by atoms with Crippen LogP contribution in [0.4, 0.5) is 5.69 Å². The van der Waals surface area contributed by atoms with Crippen molar-refractivity contribution in [2.24, 2.45) is 0 Å². The van der Waals surface area contributed by atoms with E-state index in [2.05, 4.69) is 40.6 Å². The van der Waals surface area contributed by atoms with Gasteiger partial charge >= 0.3 is 0 Å². The van der Waals surface area contributed by atoms with Gasteiger partial charge in [0.15, 0.2) is 0 Å². The molecular weight excluding hydrogens is 260 g/mol. The number of aromatic nitrogens is 1. The van der Waals surface area contributed by atoms with Crippen LogP contribution in [0.5, 0.6) is 5.88 Å². The lowest BCUT2D eigenvalue weighted by atomic mass is 9.82. The van der Waals surface area contributed by atoms with Gasteiger partial charge in [-0.25, -0.2) is 4.98 Å². The van der Waals surface area contributed by atoms with Crippen molar-refractivity contribution < 1.29 is 4.74 Å². The maximum atomic E-state index is 5.30. The molecule has 1 saturated carbocycles. The van der Waals surface area contributed by atoms with Crippen LogP contribution >= 0.6 is 0 Å². The summed E-state index contributed by atoms with van der Waals surface area (Å²) < 4.78 is 5.30. The van der Waals surface area contributed by atoms with E-state index >= 15 is 0 Å². The summed E-state index contributed by atoms with van der Waals surface area (Å²) in [5, 5.41) is 3.58. The maximum absolute atomic E-state index is 5.30. The summed E-state index contributed by atoms with van der Waals surface area (Å²) in [4.78, 5) is 4.24. The van der Waals surface area contributed by atoms with E-state index < -0.39 is 0 Å². The Balaban J connectivity index is 1.59. The summed E-state index contributed by atoms with van der Waals surface area (Å²) in [5.74, 6) is 1.39. The molecule has 21 heavy (non-hydrogen) atoms. The first kappa shape index (κ1) is 13.9. The minimum absolute atomic E-state index is 0.517. The molecular formula is C18H22N2O. The molecule has 0 radical (unpaired) electrons. The van der Waals surface area contributed by atoms with Crippen molar-refractivity contribution in [1.29, 1.82) is 0 Å². The van der Waals surface area contributed by atoms with Gasteiger partial charge in [-0.05, 0) is 49.3 Å².